The molecule has 82 valence electrons. The number of ether oxygens (including phenoxy) is 1. The van der Waals surface area contributed by atoms with Crippen LogP contribution in [0.25, 0.3) is 0 Å². The number of allylic oxidation sites excluding steroid dienone is 1. The lowest BCUT2D eigenvalue weighted by atomic mass is 10.2. The van der Waals surface area contributed by atoms with Crippen LogP contribution in [-0.2, 0) is 4.74 Å². The minimum atomic E-state index is -0.643. The smallest absolute Gasteiger partial charge is 0.408 e. The van der Waals surface area contributed by atoms with Gasteiger partial charge in [-0.25, -0.2) is 9.18 Å². The fraction of sp³-hybridized carbons (Fsp3) is 0.667. The molecule has 14 heavy (non-hydrogen) atoms. The van der Waals surface area contributed by atoms with Crippen molar-refractivity contribution in [3.05, 3.63) is 11.9 Å². The van der Waals surface area contributed by atoms with Crippen molar-refractivity contribution in [1.82, 2.24) is 5.32 Å². The van der Waals surface area contributed by atoms with Gasteiger partial charge in [-0.1, -0.05) is 0 Å². The van der Waals surface area contributed by atoms with Crippen LogP contribution in [0, 0.1) is 0 Å². The first-order valence-corrected chi connectivity index (χ1v) is 4.76. The van der Waals surface area contributed by atoms with Gasteiger partial charge in [0.2, 0.25) is 0 Å². The number of alkyl halides is 1. The molecule has 0 bridgehead atoms. The van der Waals surface area contributed by atoms with Crippen LogP contribution < -0.4 is 5.32 Å². The van der Waals surface area contributed by atoms with Gasteiger partial charge in [0.05, 0.1) is 6.54 Å². The Bertz CT molecular complexity index is 223. The van der Waals surface area contributed by atoms with Crippen LogP contribution in [0.2, 0.25) is 0 Å². The maximum Gasteiger partial charge on any atom is 0.408 e. The normalized spacial score (nSPS) is 12.5. The standard InChI is InChI=1S/C9H15ClFNO2/c1-9(2,3)14-8(13)12-6-7(11)4-5-10/h4H,5-6H2,1-3H3,(H,12,13)/b7-4-. The van der Waals surface area contributed by atoms with Gasteiger partial charge in [0.25, 0.3) is 0 Å². The van der Waals surface area contributed by atoms with Crippen molar-refractivity contribution in [2.45, 2.75) is 26.4 Å². The summed E-state index contributed by atoms with van der Waals surface area (Å²) in [4.78, 5) is 11.0. The second-order valence-electron chi connectivity index (χ2n) is 3.66. The van der Waals surface area contributed by atoms with E-state index in [1.807, 2.05) is 0 Å². The molecule has 0 aromatic rings. The van der Waals surface area contributed by atoms with Crippen molar-refractivity contribution >= 4 is 17.7 Å². The highest BCUT2D eigenvalue weighted by Gasteiger charge is 2.15. The van der Waals surface area contributed by atoms with Crippen molar-refractivity contribution in [3.8, 4) is 0 Å². The Hall–Kier alpha value is -0.770. The molecule has 0 atom stereocenters. The third-order valence-corrected chi connectivity index (χ3v) is 1.25. The molecule has 0 radical (unpaired) electrons. The third kappa shape index (κ3) is 7.86. The highest BCUT2D eigenvalue weighted by atomic mass is 35.5. The molecule has 0 aliphatic heterocycles. The fourth-order valence-corrected chi connectivity index (χ4v) is 0.794. The highest BCUT2D eigenvalue weighted by Crippen LogP contribution is 2.06. The molecule has 0 aromatic carbocycles. The van der Waals surface area contributed by atoms with E-state index in [0.29, 0.717) is 0 Å². The number of hydrogen-bond acceptors (Lipinski definition) is 2. The Labute approximate surface area is 88.3 Å². The quantitative estimate of drug-likeness (QED) is 0.747. The Kier molecular flexibility index (Phi) is 5.53. The zero-order chi connectivity index (χ0) is 11.2. The summed E-state index contributed by atoms with van der Waals surface area (Å²) in [5.74, 6) is -0.396. The highest BCUT2D eigenvalue weighted by molar-refractivity contribution is 6.18. The summed E-state index contributed by atoms with van der Waals surface area (Å²) in [6.45, 7) is 5.01. The van der Waals surface area contributed by atoms with E-state index < -0.39 is 17.5 Å². The zero-order valence-electron chi connectivity index (χ0n) is 8.56. The zero-order valence-corrected chi connectivity index (χ0v) is 9.32. The average Bonchev–Trinajstić information content (AvgIpc) is 1.98. The first-order valence-electron chi connectivity index (χ1n) is 4.22. The number of nitrogens with one attached hydrogen (secondary N) is 1. The molecule has 0 spiro atoms. The van der Waals surface area contributed by atoms with Crippen LogP contribution in [0.4, 0.5) is 9.18 Å². The van der Waals surface area contributed by atoms with E-state index in [4.69, 9.17) is 16.3 Å². The van der Waals surface area contributed by atoms with Gasteiger partial charge in [-0.3, -0.25) is 0 Å². The van der Waals surface area contributed by atoms with Crippen LogP contribution in [0.5, 0.6) is 0 Å². The van der Waals surface area contributed by atoms with Gasteiger partial charge in [-0.15, -0.1) is 11.6 Å². The first kappa shape index (κ1) is 13.2. The molecule has 0 aromatic heterocycles. The number of halogens is 2. The van der Waals surface area contributed by atoms with E-state index >= 15 is 0 Å². The van der Waals surface area contributed by atoms with Gasteiger partial charge in [0.15, 0.2) is 0 Å². The van der Waals surface area contributed by atoms with Crippen LogP contribution in [0.15, 0.2) is 11.9 Å². The van der Waals surface area contributed by atoms with E-state index in [2.05, 4.69) is 5.32 Å². The number of rotatable bonds is 3. The number of alkyl carbamates (subject to hydrolysis) is 1. The van der Waals surface area contributed by atoms with Crippen molar-refractivity contribution in [1.29, 1.82) is 0 Å². The summed E-state index contributed by atoms with van der Waals surface area (Å²) in [6.07, 6.45) is 0.537. The molecule has 5 heteroatoms. The molecule has 0 aliphatic rings. The monoisotopic (exact) mass is 223 g/mol. The van der Waals surface area contributed by atoms with E-state index in [0.717, 1.165) is 0 Å². The molecule has 1 amide bonds. The lowest BCUT2D eigenvalue weighted by molar-refractivity contribution is 0.0530. The largest absolute Gasteiger partial charge is 0.444 e. The molecule has 0 unspecified atom stereocenters. The summed E-state index contributed by atoms with van der Waals surface area (Å²) in [7, 11) is 0. The topological polar surface area (TPSA) is 38.3 Å². The minimum absolute atomic E-state index is 0.0852. The van der Waals surface area contributed by atoms with Crippen molar-refractivity contribution in [2.24, 2.45) is 0 Å². The second-order valence-corrected chi connectivity index (χ2v) is 3.97. The van der Waals surface area contributed by atoms with Crippen LogP contribution in [0.1, 0.15) is 20.8 Å². The van der Waals surface area contributed by atoms with Gasteiger partial charge in [-0.05, 0) is 26.8 Å². The van der Waals surface area contributed by atoms with Crippen LogP contribution >= 0.6 is 11.6 Å². The molecule has 0 aliphatic carbocycles. The fourth-order valence-electron chi connectivity index (χ4n) is 0.627. The maximum absolute atomic E-state index is 12.7. The van der Waals surface area contributed by atoms with Crippen molar-refractivity contribution in [3.63, 3.8) is 0 Å². The molecule has 1 N–H and O–H groups in total. The lowest BCUT2D eigenvalue weighted by Crippen LogP contribution is -2.33. The third-order valence-electron chi connectivity index (χ3n) is 1.10. The molecule has 0 saturated heterocycles. The molecular formula is C9H15ClFNO2. The van der Waals surface area contributed by atoms with Crippen LogP contribution in [0.3, 0.4) is 0 Å². The first-order chi connectivity index (χ1) is 6.35. The summed E-state index contributed by atoms with van der Waals surface area (Å²) in [5.41, 5.74) is -0.573. The second kappa shape index (κ2) is 5.86. The molecule has 0 rings (SSSR count). The Morgan fingerprint density at radius 2 is 2.14 bits per heavy atom. The Balaban J connectivity index is 3.81. The Morgan fingerprint density at radius 3 is 2.57 bits per heavy atom. The van der Waals surface area contributed by atoms with Crippen molar-refractivity contribution in [2.75, 3.05) is 12.4 Å². The predicted octanol–water partition coefficient (Wildman–Crippen LogP) is 2.60. The van der Waals surface area contributed by atoms with Crippen LogP contribution in [-0.4, -0.2) is 24.1 Å². The maximum atomic E-state index is 12.7. The van der Waals surface area contributed by atoms with Crippen molar-refractivity contribution < 1.29 is 13.9 Å². The molecule has 0 saturated carbocycles. The summed E-state index contributed by atoms with van der Waals surface area (Å²) < 4.78 is 17.6. The molecule has 0 heterocycles. The van der Waals surface area contributed by atoms with Gasteiger partial charge >= 0.3 is 6.09 Å². The van der Waals surface area contributed by atoms with E-state index in [1.54, 1.807) is 20.8 Å². The van der Waals surface area contributed by atoms with Gasteiger partial charge < -0.3 is 10.1 Å². The SMILES string of the molecule is CC(C)(C)OC(=O)NC/C(F)=C/CCl. The minimum Gasteiger partial charge on any atom is -0.444 e. The van der Waals surface area contributed by atoms with E-state index in [1.165, 1.54) is 6.08 Å². The number of hydrogen-bond donors (Lipinski definition) is 1. The van der Waals surface area contributed by atoms with Gasteiger partial charge in [0.1, 0.15) is 11.4 Å². The van der Waals surface area contributed by atoms with Gasteiger partial charge in [-0.2, -0.15) is 0 Å². The average molecular weight is 224 g/mol. The summed E-state index contributed by atoms with van der Waals surface area (Å²) in [5, 5.41) is 2.26. The predicted molar refractivity (Wildman–Crippen MR) is 54.1 cm³/mol. The summed E-state index contributed by atoms with van der Waals surface area (Å²) in [6, 6.07) is 0. The van der Waals surface area contributed by atoms with Gasteiger partial charge in [0, 0.05) is 5.88 Å². The number of amides is 1. The summed E-state index contributed by atoms with van der Waals surface area (Å²) >= 11 is 5.26. The number of carbonyl (C=O) groups is 1. The van der Waals surface area contributed by atoms with E-state index in [-0.39, 0.29) is 12.4 Å². The molecule has 3 nitrogen and oxygen atoms in total. The lowest BCUT2D eigenvalue weighted by Gasteiger charge is -2.19. The number of carbonyl (C=O) groups excluding carboxylic acids is 1. The molecular weight excluding hydrogens is 209 g/mol. The Morgan fingerprint density at radius 1 is 1.57 bits per heavy atom. The molecule has 0 fully saturated rings. The van der Waals surface area contributed by atoms with E-state index in [9.17, 15) is 9.18 Å².